The summed E-state index contributed by atoms with van der Waals surface area (Å²) in [6, 6.07) is 0. The smallest absolute Gasteiger partial charge is 0.143 e. The van der Waals surface area contributed by atoms with Crippen molar-refractivity contribution in [1.29, 1.82) is 0 Å². The molecule has 0 saturated heterocycles. The van der Waals surface area contributed by atoms with Gasteiger partial charge in [0.05, 0.1) is 5.75 Å². The molecule has 0 spiro atoms. The summed E-state index contributed by atoms with van der Waals surface area (Å²) in [5.41, 5.74) is 0. The second kappa shape index (κ2) is 5.20. The molecule has 14 heavy (non-hydrogen) atoms. The Hall–Kier alpha value is 0.0200. The summed E-state index contributed by atoms with van der Waals surface area (Å²) in [6.07, 6.45) is 10.4. The van der Waals surface area contributed by atoms with E-state index < -0.39 is 0 Å². The van der Waals surface area contributed by atoms with E-state index in [1.54, 1.807) is 0 Å². The van der Waals surface area contributed by atoms with E-state index in [1.165, 1.54) is 44.9 Å². The van der Waals surface area contributed by atoms with Crippen LogP contribution >= 0.6 is 11.8 Å². The molecule has 0 radical (unpaired) electrons. The van der Waals surface area contributed by atoms with Gasteiger partial charge in [0.1, 0.15) is 5.78 Å². The van der Waals surface area contributed by atoms with Gasteiger partial charge in [0.2, 0.25) is 0 Å². The van der Waals surface area contributed by atoms with Crippen molar-refractivity contribution in [1.82, 2.24) is 0 Å². The predicted octanol–water partition coefficient (Wildman–Crippen LogP) is 3.42. The molecule has 2 fully saturated rings. The second-order valence-electron chi connectivity index (χ2n) is 4.76. The lowest BCUT2D eigenvalue weighted by Crippen LogP contribution is -2.12. The van der Waals surface area contributed by atoms with Crippen LogP contribution in [-0.2, 0) is 4.79 Å². The third-order valence-corrected chi connectivity index (χ3v) is 4.68. The van der Waals surface area contributed by atoms with E-state index in [2.05, 4.69) is 0 Å². The average molecular weight is 212 g/mol. The van der Waals surface area contributed by atoms with Gasteiger partial charge in [-0.1, -0.05) is 19.3 Å². The highest BCUT2D eigenvalue weighted by Gasteiger charge is 2.24. The summed E-state index contributed by atoms with van der Waals surface area (Å²) >= 11 is 1.93. The highest BCUT2D eigenvalue weighted by Crippen LogP contribution is 2.34. The normalized spacial score (nSPS) is 23.7. The molecule has 0 aromatic heterocycles. The molecular formula is C12H20OS. The molecule has 2 saturated carbocycles. The van der Waals surface area contributed by atoms with Crippen LogP contribution in [0.15, 0.2) is 0 Å². The zero-order chi connectivity index (χ0) is 9.80. The first-order valence-electron chi connectivity index (χ1n) is 5.98. The largest absolute Gasteiger partial charge is 0.299 e. The Bertz CT molecular complexity index is 192. The summed E-state index contributed by atoms with van der Waals surface area (Å²) < 4.78 is 0. The number of Topliss-reactive ketones (excluding diaryl/α,β-unsaturated/α-hetero) is 1. The first kappa shape index (κ1) is 10.5. The van der Waals surface area contributed by atoms with E-state index in [1.807, 2.05) is 11.8 Å². The van der Waals surface area contributed by atoms with Crippen LogP contribution < -0.4 is 0 Å². The lowest BCUT2D eigenvalue weighted by atomic mass is 10.0. The Kier molecular flexibility index (Phi) is 3.91. The predicted molar refractivity (Wildman–Crippen MR) is 61.7 cm³/mol. The summed E-state index contributed by atoms with van der Waals surface area (Å²) in [7, 11) is 0. The van der Waals surface area contributed by atoms with E-state index in [4.69, 9.17) is 0 Å². The van der Waals surface area contributed by atoms with E-state index in [9.17, 15) is 4.79 Å². The fourth-order valence-corrected chi connectivity index (χ4v) is 3.35. The Morgan fingerprint density at radius 3 is 2.43 bits per heavy atom. The van der Waals surface area contributed by atoms with Crippen LogP contribution in [0.5, 0.6) is 0 Å². The van der Waals surface area contributed by atoms with E-state index in [0.29, 0.717) is 5.78 Å². The zero-order valence-corrected chi connectivity index (χ0v) is 9.65. The number of rotatable bonds is 5. The summed E-state index contributed by atoms with van der Waals surface area (Å²) in [4.78, 5) is 11.5. The molecule has 2 aliphatic rings. The Morgan fingerprint density at radius 1 is 1.07 bits per heavy atom. The van der Waals surface area contributed by atoms with Crippen molar-refractivity contribution in [3.63, 3.8) is 0 Å². The number of carbonyl (C=O) groups is 1. The molecule has 1 nitrogen and oxygen atoms in total. The van der Waals surface area contributed by atoms with Crippen LogP contribution in [0.2, 0.25) is 0 Å². The van der Waals surface area contributed by atoms with Crippen LogP contribution in [0.25, 0.3) is 0 Å². The second-order valence-corrected chi connectivity index (χ2v) is 6.05. The molecule has 0 unspecified atom stereocenters. The molecule has 0 atom stereocenters. The van der Waals surface area contributed by atoms with Gasteiger partial charge in [-0.15, -0.1) is 0 Å². The standard InChI is InChI=1S/C12H20OS/c13-11(8-10-6-7-10)9-14-12-4-2-1-3-5-12/h10,12H,1-9H2. The topological polar surface area (TPSA) is 17.1 Å². The first-order chi connectivity index (χ1) is 6.84. The zero-order valence-electron chi connectivity index (χ0n) is 8.84. The maximum absolute atomic E-state index is 11.5. The van der Waals surface area contributed by atoms with Gasteiger partial charge in [-0.3, -0.25) is 4.79 Å². The van der Waals surface area contributed by atoms with E-state index in [0.717, 1.165) is 23.3 Å². The maximum Gasteiger partial charge on any atom is 0.143 e. The quantitative estimate of drug-likeness (QED) is 0.694. The molecule has 2 aliphatic carbocycles. The number of carbonyl (C=O) groups excluding carboxylic acids is 1. The first-order valence-corrected chi connectivity index (χ1v) is 7.03. The minimum absolute atomic E-state index is 0.503. The van der Waals surface area contributed by atoms with Gasteiger partial charge in [-0.25, -0.2) is 0 Å². The molecule has 0 amide bonds. The van der Waals surface area contributed by atoms with Gasteiger partial charge < -0.3 is 0 Å². The van der Waals surface area contributed by atoms with Gasteiger partial charge in [-0.05, 0) is 31.6 Å². The lowest BCUT2D eigenvalue weighted by Gasteiger charge is -2.20. The third-order valence-electron chi connectivity index (χ3n) is 3.25. The van der Waals surface area contributed by atoms with Crippen LogP contribution in [0.4, 0.5) is 0 Å². The number of hydrogen-bond donors (Lipinski definition) is 0. The van der Waals surface area contributed by atoms with Crippen molar-refractivity contribution < 1.29 is 4.79 Å². The van der Waals surface area contributed by atoms with Crippen molar-refractivity contribution in [3.8, 4) is 0 Å². The molecule has 0 bridgehead atoms. The molecule has 0 aliphatic heterocycles. The third kappa shape index (κ3) is 3.64. The van der Waals surface area contributed by atoms with Gasteiger partial charge in [0.15, 0.2) is 0 Å². The van der Waals surface area contributed by atoms with E-state index in [-0.39, 0.29) is 0 Å². The molecule has 0 N–H and O–H groups in total. The van der Waals surface area contributed by atoms with Crippen LogP contribution in [0, 0.1) is 5.92 Å². The minimum atomic E-state index is 0.503. The molecular weight excluding hydrogens is 192 g/mol. The minimum Gasteiger partial charge on any atom is -0.299 e. The number of thioether (sulfide) groups is 1. The Labute approximate surface area is 91.0 Å². The highest BCUT2D eigenvalue weighted by atomic mass is 32.2. The van der Waals surface area contributed by atoms with Gasteiger partial charge in [0, 0.05) is 11.7 Å². The van der Waals surface area contributed by atoms with Crippen LogP contribution in [-0.4, -0.2) is 16.8 Å². The molecule has 0 aromatic carbocycles. The van der Waals surface area contributed by atoms with Crippen molar-refractivity contribution in [2.24, 2.45) is 5.92 Å². The van der Waals surface area contributed by atoms with Crippen LogP contribution in [0.3, 0.4) is 0 Å². The molecule has 2 heteroatoms. The Balaban J connectivity index is 1.57. The summed E-state index contributed by atoms with van der Waals surface area (Å²) in [6.45, 7) is 0. The molecule has 80 valence electrons. The monoisotopic (exact) mass is 212 g/mol. The van der Waals surface area contributed by atoms with Gasteiger partial charge >= 0.3 is 0 Å². The molecule has 0 aromatic rings. The number of hydrogen-bond acceptors (Lipinski definition) is 2. The van der Waals surface area contributed by atoms with Crippen molar-refractivity contribution in [3.05, 3.63) is 0 Å². The van der Waals surface area contributed by atoms with Crippen molar-refractivity contribution >= 4 is 17.5 Å². The van der Waals surface area contributed by atoms with Gasteiger partial charge in [0.25, 0.3) is 0 Å². The average Bonchev–Trinajstić information content (AvgIpc) is 3.00. The Morgan fingerprint density at radius 2 is 1.79 bits per heavy atom. The lowest BCUT2D eigenvalue weighted by molar-refractivity contribution is -0.116. The molecule has 2 rings (SSSR count). The van der Waals surface area contributed by atoms with Crippen molar-refractivity contribution in [2.45, 2.75) is 56.6 Å². The highest BCUT2D eigenvalue weighted by molar-refractivity contribution is 8.00. The SMILES string of the molecule is O=C(CSC1CCCCC1)CC1CC1. The van der Waals surface area contributed by atoms with Crippen molar-refractivity contribution in [2.75, 3.05) is 5.75 Å². The summed E-state index contributed by atoms with van der Waals surface area (Å²) in [5, 5.41) is 0.798. The maximum atomic E-state index is 11.5. The summed E-state index contributed by atoms with van der Waals surface area (Å²) in [5.74, 6) is 2.07. The molecule has 0 heterocycles. The fraction of sp³-hybridized carbons (Fsp3) is 0.917. The fourth-order valence-electron chi connectivity index (χ4n) is 2.15. The van der Waals surface area contributed by atoms with Crippen LogP contribution in [0.1, 0.15) is 51.4 Å². The number of ketones is 1. The van der Waals surface area contributed by atoms with Gasteiger partial charge in [-0.2, -0.15) is 11.8 Å². The van der Waals surface area contributed by atoms with E-state index >= 15 is 0 Å².